The number of nitrogens with zero attached hydrogens (tertiary/aromatic N) is 2. The second-order valence-electron chi connectivity index (χ2n) is 9.99. The quantitative estimate of drug-likeness (QED) is 0.321. The van der Waals surface area contributed by atoms with E-state index in [1.54, 1.807) is 25.1 Å². The molecule has 0 saturated carbocycles. The van der Waals surface area contributed by atoms with Gasteiger partial charge in [0.05, 0.1) is 17.7 Å². The average Bonchev–Trinajstić information content (AvgIpc) is 2.93. The van der Waals surface area contributed by atoms with E-state index in [1.165, 1.54) is 42.3 Å². The fourth-order valence-electron chi connectivity index (χ4n) is 3.96. The molecule has 3 rings (SSSR count). The van der Waals surface area contributed by atoms with E-state index in [4.69, 9.17) is 16.3 Å². The number of hydrogen-bond donors (Lipinski definition) is 1. The Morgan fingerprint density at radius 3 is 2.20 bits per heavy atom. The fraction of sp³-hybridized carbons (Fsp3) is 0.333. The second-order valence-corrected chi connectivity index (χ2v) is 12.3. The minimum absolute atomic E-state index is 0.0196. The number of anilines is 1. The van der Waals surface area contributed by atoms with Crippen molar-refractivity contribution in [2.75, 3.05) is 24.5 Å². The van der Waals surface area contributed by atoms with Gasteiger partial charge in [0.25, 0.3) is 10.0 Å². The van der Waals surface area contributed by atoms with Gasteiger partial charge in [0, 0.05) is 18.1 Å². The van der Waals surface area contributed by atoms with E-state index in [9.17, 15) is 18.0 Å². The van der Waals surface area contributed by atoms with Gasteiger partial charge in [-0.05, 0) is 67.8 Å². The molecule has 1 atom stereocenters. The highest BCUT2D eigenvalue weighted by atomic mass is 35.5. The Balaban J connectivity index is 2.01. The minimum Gasteiger partial charge on any atom is -0.497 e. The molecule has 0 aromatic heterocycles. The lowest BCUT2D eigenvalue weighted by atomic mass is 10.1. The Morgan fingerprint density at radius 1 is 0.975 bits per heavy atom. The number of sulfonamides is 1. The standard InChI is InChI=1S/C30H36ClN3O5S/c1-21(2)18-32-30(36)23(4)33(19-24-11-9-22(3)10-12-24)29(35)20-34(26-8-6-7-25(31)17-26)40(37,38)28-15-13-27(39-5)14-16-28/h6-17,21,23H,18-20H2,1-5H3,(H,32,36). The first kappa shape index (κ1) is 31.0. The summed E-state index contributed by atoms with van der Waals surface area (Å²) in [7, 11) is -2.71. The number of hydrogen-bond acceptors (Lipinski definition) is 5. The van der Waals surface area contributed by atoms with Crippen molar-refractivity contribution in [2.24, 2.45) is 5.92 Å². The third kappa shape index (κ3) is 7.99. The topological polar surface area (TPSA) is 96.0 Å². The highest BCUT2D eigenvalue weighted by Crippen LogP contribution is 2.28. The molecule has 0 radical (unpaired) electrons. The van der Waals surface area contributed by atoms with Crippen LogP contribution in [0, 0.1) is 12.8 Å². The smallest absolute Gasteiger partial charge is 0.264 e. The molecule has 8 nitrogen and oxygen atoms in total. The summed E-state index contributed by atoms with van der Waals surface area (Å²) >= 11 is 6.21. The molecule has 0 saturated heterocycles. The van der Waals surface area contributed by atoms with E-state index in [0.29, 0.717) is 17.3 Å². The highest BCUT2D eigenvalue weighted by Gasteiger charge is 2.32. The van der Waals surface area contributed by atoms with Gasteiger partial charge >= 0.3 is 0 Å². The van der Waals surface area contributed by atoms with E-state index in [1.807, 2.05) is 45.0 Å². The normalized spacial score (nSPS) is 12.1. The van der Waals surface area contributed by atoms with Crippen LogP contribution in [0.1, 0.15) is 31.9 Å². The maximum absolute atomic E-state index is 13.9. The van der Waals surface area contributed by atoms with Gasteiger partial charge in [0.1, 0.15) is 18.3 Å². The number of benzene rings is 3. The van der Waals surface area contributed by atoms with E-state index < -0.39 is 28.5 Å². The van der Waals surface area contributed by atoms with Crippen molar-refractivity contribution in [1.29, 1.82) is 0 Å². The number of ether oxygens (including phenoxy) is 1. The first-order valence-electron chi connectivity index (χ1n) is 13.0. The number of aryl methyl sites for hydroxylation is 1. The molecule has 1 N–H and O–H groups in total. The lowest BCUT2D eigenvalue weighted by Gasteiger charge is -2.32. The molecule has 0 heterocycles. The summed E-state index contributed by atoms with van der Waals surface area (Å²) in [6.45, 7) is 7.60. The zero-order valence-corrected chi connectivity index (χ0v) is 25.0. The van der Waals surface area contributed by atoms with Gasteiger partial charge in [-0.15, -0.1) is 0 Å². The average molecular weight is 586 g/mol. The van der Waals surface area contributed by atoms with Crippen LogP contribution >= 0.6 is 11.6 Å². The molecule has 40 heavy (non-hydrogen) atoms. The first-order valence-corrected chi connectivity index (χ1v) is 14.8. The third-order valence-electron chi connectivity index (χ3n) is 6.35. The van der Waals surface area contributed by atoms with E-state index >= 15 is 0 Å². The number of halogens is 1. The molecular formula is C30H36ClN3O5S. The van der Waals surface area contributed by atoms with Crippen molar-refractivity contribution in [2.45, 2.75) is 45.2 Å². The van der Waals surface area contributed by atoms with Crippen LogP contribution in [0.3, 0.4) is 0 Å². The summed E-state index contributed by atoms with van der Waals surface area (Å²) in [5, 5.41) is 3.19. The van der Waals surface area contributed by atoms with Gasteiger partial charge in [0.2, 0.25) is 11.8 Å². The van der Waals surface area contributed by atoms with Crippen LogP contribution in [0.5, 0.6) is 5.75 Å². The largest absolute Gasteiger partial charge is 0.497 e. The Bertz CT molecular complexity index is 1410. The number of rotatable bonds is 12. The molecule has 0 fully saturated rings. The molecule has 10 heteroatoms. The Hall–Kier alpha value is -3.56. The predicted molar refractivity (Wildman–Crippen MR) is 158 cm³/mol. The molecule has 0 spiro atoms. The van der Waals surface area contributed by atoms with E-state index in [2.05, 4.69) is 5.32 Å². The van der Waals surface area contributed by atoms with Crippen LogP contribution in [0.25, 0.3) is 0 Å². The zero-order valence-electron chi connectivity index (χ0n) is 23.4. The second kappa shape index (κ2) is 13.7. The van der Waals surface area contributed by atoms with Crippen LogP contribution in [0.2, 0.25) is 5.02 Å². The van der Waals surface area contributed by atoms with Crippen LogP contribution in [-0.2, 0) is 26.2 Å². The van der Waals surface area contributed by atoms with Gasteiger partial charge in [0.15, 0.2) is 0 Å². The van der Waals surface area contributed by atoms with E-state index in [-0.39, 0.29) is 29.0 Å². The summed E-state index contributed by atoms with van der Waals surface area (Å²) in [5.41, 5.74) is 2.10. The van der Waals surface area contributed by atoms with Crippen LogP contribution in [-0.4, -0.2) is 51.4 Å². The van der Waals surface area contributed by atoms with Gasteiger partial charge in [-0.2, -0.15) is 0 Å². The molecule has 0 aliphatic heterocycles. The molecule has 0 aliphatic carbocycles. The minimum atomic E-state index is -4.20. The molecule has 214 valence electrons. The van der Waals surface area contributed by atoms with Gasteiger partial charge in [-0.1, -0.05) is 61.3 Å². The van der Waals surface area contributed by atoms with Gasteiger partial charge < -0.3 is 15.0 Å². The molecule has 0 aliphatic rings. The van der Waals surface area contributed by atoms with Gasteiger partial charge in [-0.25, -0.2) is 8.42 Å². The Kier molecular flexibility index (Phi) is 10.6. The number of carbonyl (C=O) groups is 2. The molecule has 0 bridgehead atoms. The maximum atomic E-state index is 13.9. The number of carbonyl (C=O) groups excluding carboxylic acids is 2. The summed E-state index contributed by atoms with van der Waals surface area (Å²) < 4.78 is 33.9. The number of methoxy groups -OCH3 is 1. The molecule has 1 unspecified atom stereocenters. The number of nitrogens with one attached hydrogen (secondary N) is 1. The first-order chi connectivity index (χ1) is 18.9. The Morgan fingerprint density at radius 2 is 1.62 bits per heavy atom. The summed E-state index contributed by atoms with van der Waals surface area (Å²) in [6, 6.07) is 19.0. The van der Waals surface area contributed by atoms with Gasteiger partial charge in [-0.3, -0.25) is 13.9 Å². The van der Waals surface area contributed by atoms with Crippen molar-refractivity contribution in [3.63, 3.8) is 0 Å². The van der Waals surface area contributed by atoms with Crippen LogP contribution < -0.4 is 14.4 Å². The third-order valence-corrected chi connectivity index (χ3v) is 8.37. The summed E-state index contributed by atoms with van der Waals surface area (Å²) in [6.07, 6.45) is 0. The van der Waals surface area contributed by atoms with E-state index in [0.717, 1.165) is 15.4 Å². The number of amides is 2. The molecule has 2 amide bonds. The maximum Gasteiger partial charge on any atom is 0.264 e. The lowest BCUT2D eigenvalue weighted by molar-refractivity contribution is -0.139. The Labute approximate surface area is 241 Å². The highest BCUT2D eigenvalue weighted by molar-refractivity contribution is 7.92. The molecule has 3 aromatic carbocycles. The zero-order chi connectivity index (χ0) is 29.4. The van der Waals surface area contributed by atoms with Crippen LogP contribution in [0.15, 0.2) is 77.7 Å². The summed E-state index contributed by atoms with van der Waals surface area (Å²) in [4.78, 5) is 28.4. The van der Waals surface area contributed by atoms with Crippen LogP contribution in [0.4, 0.5) is 5.69 Å². The van der Waals surface area contributed by atoms with Crippen molar-refractivity contribution in [3.8, 4) is 5.75 Å². The van der Waals surface area contributed by atoms with Crippen molar-refractivity contribution in [1.82, 2.24) is 10.2 Å². The predicted octanol–water partition coefficient (Wildman–Crippen LogP) is 5.04. The van der Waals surface area contributed by atoms with Crippen molar-refractivity contribution >= 4 is 39.1 Å². The molecular weight excluding hydrogens is 550 g/mol. The lowest BCUT2D eigenvalue weighted by Crippen LogP contribution is -2.51. The fourth-order valence-corrected chi connectivity index (χ4v) is 5.55. The van der Waals surface area contributed by atoms with Crippen molar-refractivity contribution < 1.29 is 22.7 Å². The monoisotopic (exact) mass is 585 g/mol. The molecule has 3 aromatic rings. The summed E-state index contributed by atoms with van der Waals surface area (Å²) in [5.74, 6) is -0.133. The SMILES string of the molecule is COc1ccc(S(=O)(=O)N(CC(=O)N(Cc2ccc(C)cc2)C(C)C(=O)NCC(C)C)c2cccc(Cl)c2)cc1. The van der Waals surface area contributed by atoms with Crippen molar-refractivity contribution in [3.05, 3.63) is 88.9 Å².